The van der Waals surface area contributed by atoms with E-state index in [2.05, 4.69) is 5.32 Å². The second-order valence-corrected chi connectivity index (χ2v) is 3.93. The van der Waals surface area contributed by atoms with Crippen LogP contribution in [0.15, 0.2) is 0 Å². The van der Waals surface area contributed by atoms with Gasteiger partial charge in [-0.15, -0.1) is 0 Å². The lowest BCUT2D eigenvalue weighted by Crippen LogP contribution is -2.51. The first-order valence-corrected chi connectivity index (χ1v) is 5.31. The molecular weight excluding hydrogens is 198 g/mol. The summed E-state index contributed by atoms with van der Waals surface area (Å²) >= 11 is 0. The maximum atomic E-state index is 10.8. The molecule has 0 aromatic rings. The van der Waals surface area contributed by atoms with Gasteiger partial charge in [-0.3, -0.25) is 4.79 Å². The third-order valence-corrected chi connectivity index (χ3v) is 2.55. The molecule has 15 heavy (non-hydrogen) atoms. The fourth-order valence-electron chi connectivity index (χ4n) is 1.77. The third kappa shape index (κ3) is 4.15. The van der Waals surface area contributed by atoms with Crippen LogP contribution in [-0.4, -0.2) is 47.6 Å². The largest absolute Gasteiger partial charge is 0.396 e. The molecule has 3 N–H and O–H groups in total. The molecule has 3 atom stereocenters. The molecule has 1 aliphatic heterocycles. The van der Waals surface area contributed by atoms with E-state index in [9.17, 15) is 9.90 Å². The van der Waals surface area contributed by atoms with E-state index in [1.54, 1.807) is 0 Å². The van der Waals surface area contributed by atoms with Crippen molar-refractivity contribution in [2.45, 2.75) is 44.4 Å². The number of nitrogens with one attached hydrogen (secondary N) is 1. The Morgan fingerprint density at radius 1 is 1.60 bits per heavy atom. The highest BCUT2D eigenvalue weighted by molar-refractivity contribution is 5.73. The minimum Gasteiger partial charge on any atom is -0.396 e. The lowest BCUT2D eigenvalue weighted by molar-refractivity contribution is -0.124. The van der Waals surface area contributed by atoms with E-state index < -0.39 is 6.10 Å². The fourth-order valence-corrected chi connectivity index (χ4v) is 1.77. The molecule has 0 aliphatic carbocycles. The molecule has 0 saturated carbocycles. The first kappa shape index (κ1) is 12.4. The molecule has 1 fully saturated rings. The van der Waals surface area contributed by atoms with Crippen LogP contribution in [-0.2, 0) is 9.53 Å². The topological polar surface area (TPSA) is 78.8 Å². The summed E-state index contributed by atoms with van der Waals surface area (Å²) in [5, 5.41) is 21.0. The van der Waals surface area contributed by atoms with Crippen molar-refractivity contribution >= 4 is 5.91 Å². The highest BCUT2D eigenvalue weighted by Gasteiger charge is 2.29. The minimum absolute atomic E-state index is 0.00263. The Balaban J connectivity index is 2.30. The summed E-state index contributed by atoms with van der Waals surface area (Å²) in [6.07, 6.45) is 1.40. The molecule has 88 valence electrons. The van der Waals surface area contributed by atoms with Crippen molar-refractivity contribution in [3.05, 3.63) is 0 Å². The van der Waals surface area contributed by atoms with Crippen LogP contribution in [0, 0.1) is 0 Å². The minimum atomic E-state index is -0.550. The number of carbonyl (C=O) groups excluding carboxylic acids is 1. The highest BCUT2D eigenvalue weighted by Crippen LogP contribution is 2.18. The van der Waals surface area contributed by atoms with E-state index in [4.69, 9.17) is 9.84 Å². The molecule has 1 unspecified atom stereocenters. The molecule has 0 aromatic heterocycles. The van der Waals surface area contributed by atoms with Gasteiger partial charge in [0.1, 0.15) is 0 Å². The first-order chi connectivity index (χ1) is 7.13. The van der Waals surface area contributed by atoms with Crippen LogP contribution in [0.2, 0.25) is 0 Å². The molecule has 5 heteroatoms. The van der Waals surface area contributed by atoms with E-state index in [0.29, 0.717) is 19.4 Å². The third-order valence-electron chi connectivity index (χ3n) is 2.55. The van der Waals surface area contributed by atoms with Crippen molar-refractivity contribution in [3.8, 4) is 0 Å². The van der Waals surface area contributed by atoms with E-state index in [-0.39, 0.29) is 24.7 Å². The monoisotopic (exact) mass is 217 g/mol. The van der Waals surface area contributed by atoms with Crippen LogP contribution in [0.1, 0.15) is 26.2 Å². The Kier molecular flexibility index (Phi) is 5.01. The standard InChI is InChI=1S/C10H19NO4/c1-7(13)11-9-6-15-8(3-2-4-12)5-10(9)14/h8-10,12,14H,2-6H2,1H3,(H,11,13)/t8?,9-,10-/m0/s1. The second-order valence-electron chi connectivity index (χ2n) is 3.93. The fraction of sp³-hybridized carbons (Fsp3) is 0.900. The summed E-state index contributed by atoms with van der Waals surface area (Å²) < 4.78 is 5.48. The van der Waals surface area contributed by atoms with Crippen molar-refractivity contribution in [1.82, 2.24) is 5.32 Å². The Bertz CT molecular complexity index is 210. The van der Waals surface area contributed by atoms with Crippen molar-refractivity contribution in [1.29, 1.82) is 0 Å². The number of hydrogen-bond acceptors (Lipinski definition) is 4. The van der Waals surface area contributed by atoms with Crippen molar-refractivity contribution in [3.63, 3.8) is 0 Å². The molecule has 0 bridgehead atoms. The maximum Gasteiger partial charge on any atom is 0.217 e. The molecule has 1 heterocycles. The number of amides is 1. The second kappa shape index (κ2) is 6.05. The predicted octanol–water partition coefficient (Wildman–Crippen LogP) is -0.587. The molecule has 0 spiro atoms. The van der Waals surface area contributed by atoms with Crippen LogP contribution < -0.4 is 5.32 Å². The van der Waals surface area contributed by atoms with Crippen LogP contribution in [0.4, 0.5) is 0 Å². The Morgan fingerprint density at radius 2 is 2.33 bits per heavy atom. The average molecular weight is 217 g/mol. The van der Waals surface area contributed by atoms with Gasteiger partial charge in [-0.05, 0) is 12.8 Å². The smallest absolute Gasteiger partial charge is 0.217 e. The van der Waals surface area contributed by atoms with Gasteiger partial charge in [0.25, 0.3) is 0 Å². The van der Waals surface area contributed by atoms with Gasteiger partial charge in [0.05, 0.1) is 24.9 Å². The highest BCUT2D eigenvalue weighted by atomic mass is 16.5. The molecule has 1 rings (SSSR count). The van der Waals surface area contributed by atoms with Crippen molar-refractivity contribution in [2.24, 2.45) is 0 Å². The van der Waals surface area contributed by atoms with Gasteiger partial charge in [0, 0.05) is 20.0 Å². The zero-order valence-electron chi connectivity index (χ0n) is 8.98. The number of rotatable bonds is 4. The summed E-state index contributed by atoms with van der Waals surface area (Å²) in [7, 11) is 0. The van der Waals surface area contributed by atoms with Crippen molar-refractivity contribution in [2.75, 3.05) is 13.2 Å². The molecule has 1 amide bonds. The molecule has 0 radical (unpaired) electrons. The number of aliphatic hydroxyl groups is 2. The average Bonchev–Trinajstić information content (AvgIpc) is 2.18. The first-order valence-electron chi connectivity index (χ1n) is 5.31. The predicted molar refractivity (Wildman–Crippen MR) is 54.3 cm³/mol. The molecule has 1 aliphatic rings. The van der Waals surface area contributed by atoms with E-state index in [0.717, 1.165) is 6.42 Å². The van der Waals surface area contributed by atoms with Gasteiger partial charge in [0.15, 0.2) is 0 Å². The Hall–Kier alpha value is -0.650. The summed E-state index contributed by atoms with van der Waals surface area (Å²) in [5.41, 5.74) is 0. The normalized spacial score (nSPS) is 31.3. The number of aliphatic hydroxyl groups excluding tert-OH is 2. The van der Waals surface area contributed by atoms with Gasteiger partial charge in [-0.2, -0.15) is 0 Å². The zero-order valence-corrected chi connectivity index (χ0v) is 8.98. The number of ether oxygens (including phenoxy) is 1. The summed E-state index contributed by atoms with van der Waals surface area (Å²) in [6.45, 7) is 1.91. The summed E-state index contributed by atoms with van der Waals surface area (Å²) in [6, 6.07) is -0.298. The quantitative estimate of drug-likeness (QED) is 0.588. The maximum absolute atomic E-state index is 10.8. The van der Waals surface area contributed by atoms with E-state index >= 15 is 0 Å². The van der Waals surface area contributed by atoms with Crippen molar-refractivity contribution < 1.29 is 19.7 Å². The van der Waals surface area contributed by atoms with Gasteiger partial charge in [-0.1, -0.05) is 0 Å². The van der Waals surface area contributed by atoms with Crippen LogP contribution in [0.5, 0.6) is 0 Å². The molecule has 5 nitrogen and oxygen atoms in total. The molecule has 1 saturated heterocycles. The van der Waals surface area contributed by atoms with Gasteiger partial charge in [-0.25, -0.2) is 0 Å². The van der Waals surface area contributed by atoms with Crippen LogP contribution >= 0.6 is 0 Å². The molecule has 0 aromatic carbocycles. The number of carbonyl (C=O) groups is 1. The van der Waals surface area contributed by atoms with E-state index in [1.807, 2.05) is 0 Å². The number of hydrogen-bond donors (Lipinski definition) is 3. The van der Waals surface area contributed by atoms with E-state index in [1.165, 1.54) is 6.92 Å². The summed E-state index contributed by atoms with van der Waals surface area (Å²) in [4.78, 5) is 10.8. The Labute approximate surface area is 89.4 Å². The lowest BCUT2D eigenvalue weighted by Gasteiger charge is -2.33. The van der Waals surface area contributed by atoms with Crippen LogP contribution in [0.25, 0.3) is 0 Å². The van der Waals surface area contributed by atoms with Gasteiger partial charge in [0.2, 0.25) is 5.91 Å². The van der Waals surface area contributed by atoms with Crippen LogP contribution in [0.3, 0.4) is 0 Å². The zero-order chi connectivity index (χ0) is 11.3. The SMILES string of the molecule is CC(=O)N[C@H]1COC(CCCO)C[C@@H]1O. The van der Waals surface area contributed by atoms with Gasteiger partial charge >= 0.3 is 0 Å². The lowest BCUT2D eigenvalue weighted by atomic mass is 9.98. The van der Waals surface area contributed by atoms with Gasteiger partial charge < -0.3 is 20.3 Å². The Morgan fingerprint density at radius 3 is 2.87 bits per heavy atom. The molecular formula is C10H19NO4. The summed E-state index contributed by atoms with van der Waals surface area (Å²) in [5.74, 6) is -0.156.